The highest BCUT2D eigenvalue weighted by molar-refractivity contribution is 7.89. The third kappa shape index (κ3) is 5.24. The summed E-state index contributed by atoms with van der Waals surface area (Å²) in [6.45, 7) is 8.30. The summed E-state index contributed by atoms with van der Waals surface area (Å²) in [5, 5.41) is 2.73. The summed E-state index contributed by atoms with van der Waals surface area (Å²) < 4.78 is 32.6. The van der Waals surface area contributed by atoms with E-state index in [9.17, 15) is 13.2 Å². The molecule has 2 unspecified atom stereocenters. The Hall–Kier alpha value is -1.48. The first-order chi connectivity index (χ1) is 11.5. The molecule has 1 aromatic carbocycles. The minimum absolute atomic E-state index is 0.150. The molecule has 25 heavy (non-hydrogen) atoms. The molecule has 2 atom stereocenters. The Kier molecular flexibility index (Phi) is 5.88. The molecule has 1 aromatic rings. The van der Waals surface area contributed by atoms with Crippen molar-refractivity contribution in [3.63, 3.8) is 0 Å². The number of hydrogen-bond donors (Lipinski definition) is 2. The molecular formula is C17H27N3O4S. The lowest BCUT2D eigenvalue weighted by Gasteiger charge is -2.34. The first kappa shape index (κ1) is 19.8. The van der Waals surface area contributed by atoms with Gasteiger partial charge >= 0.3 is 0 Å². The average Bonchev–Trinajstić information content (AvgIpc) is 2.51. The third-order valence-electron chi connectivity index (χ3n) is 3.84. The summed E-state index contributed by atoms with van der Waals surface area (Å²) in [5.74, 6) is -0.281. The summed E-state index contributed by atoms with van der Waals surface area (Å²) in [7, 11) is -3.60. The molecule has 140 valence electrons. The summed E-state index contributed by atoms with van der Waals surface area (Å²) in [6.07, 6.45) is -0.300. The Balaban J connectivity index is 2.12. The fourth-order valence-corrected chi connectivity index (χ4v) is 4.25. The van der Waals surface area contributed by atoms with Crippen LogP contribution in [0.5, 0.6) is 0 Å². The summed E-state index contributed by atoms with van der Waals surface area (Å²) in [4.78, 5) is 12.3. The van der Waals surface area contributed by atoms with E-state index in [1.165, 1.54) is 28.6 Å². The van der Waals surface area contributed by atoms with Crippen LogP contribution in [0.3, 0.4) is 0 Å². The zero-order chi connectivity index (χ0) is 18.8. The maximum Gasteiger partial charge on any atom is 0.251 e. The number of carbonyl (C=O) groups excluding carboxylic acids is 1. The van der Waals surface area contributed by atoms with Crippen molar-refractivity contribution in [3.8, 4) is 0 Å². The molecule has 7 nitrogen and oxygen atoms in total. The minimum atomic E-state index is -3.60. The number of rotatable bonds is 5. The van der Waals surface area contributed by atoms with Crippen molar-refractivity contribution in [3.05, 3.63) is 29.8 Å². The monoisotopic (exact) mass is 369 g/mol. The summed E-state index contributed by atoms with van der Waals surface area (Å²) >= 11 is 0. The molecule has 1 amide bonds. The van der Waals surface area contributed by atoms with E-state index < -0.39 is 15.6 Å². The van der Waals surface area contributed by atoms with Gasteiger partial charge in [-0.15, -0.1) is 0 Å². The summed E-state index contributed by atoms with van der Waals surface area (Å²) in [5.41, 5.74) is 5.72. The van der Waals surface area contributed by atoms with Gasteiger partial charge in [-0.3, -0.25) is 4.79 Å². The van der Waals surface area contributed by atoms with Gasteiger partial charge in [0.2, 0.25) is 10.0 Å². The Labute approximate surface area is 149 Å². The van der Waals surface area contributed by atoms with Crippen LogP contribution in [0, 0.1) is 0 Å². The van der Waals surface area contributed by atoms with Crippen LogP contribution in [0.2, 0.25) is 0 Å². The quantitative estimate of drug-likeness (QED) is 0.805. The lowest BCUT2D eigenvalue weighted by molar-refractivity contribution is -0.0440. The van der Waals surface area contributed by atoms with Gasteiger partial charge in [-0.2, -0.15) is 4.31 Å². The molecule has 1 aliphatic rings. The van der Waals surface area contributed by atoms with Crippen molar-refractivity contribution in [2.45, 2.75) is 50.3 Å². The van der Waals surface area contributed by atoms with Crippen LogP contribution >= 0.6 is 0 Å². The van der Waals surface area contributed by atoms with Crippen molar-refractivity contribution in [2.75, 3.05) is 19.6 Å². The molecular weight excluding hydrogens is 342 g/mol. The number of morpholine rings is 1. The Morgan fingerprint density at radius 1 is 1.24 bits per heavy atom. The van der Waals surface area contributed by atoms with Gasteiger partial charge in [0.25, 0.3) is 5.91 Å². The van der Waals surface area contributed by atoms with E-state index in [0.717, 1.165) is 0 Å². The fourth-order valence-electron chi connectivity index (χ4n) is 2.66. The first-order valence-corrected chi connectivity index (χ1v) is 9.76. The van der Waals surface area contributed by atoms with Gasteiger partial charge in [0, 0.05) is 30.7 Å². The van der Waals surface area contributed by atoms with E-state index in [-0.39, 0.29) is 23.0 Å². The maximum atomic E-state index is 12.8. The standard InChI is InChI=1S/C17H27N3O4S/c1-12-9-20(10-13(2)24-12)25(22,23)15-7-5-14(6-8-15)16(21)19-11-17(3,4)18/h5-8,12-13H,9-11,18H2,1-4H3,(H,19,21). The molecule has 0 spiro atoms. The molecule has 1 saturated heterocycles. The smallest absolute Gasteiger partial charge is 0.251 e. The second-order valence-corrected chi connectivity index (χ2v) is 9.21. The van der Waals surface area contributed by atoms with Crippen molar-refractivity contribution >= 4 is 15.9 Å². The predicted molar refractivity (Wildman–Crippen MR) is 95.8 cm³/mol. The van der Waals surface area contributed by atoms with Gasteiger partial charge < -0.3 is 15.8 Å². The zero-order valence-electron chi connectivity index (χ0n) is 15.2. The molecule has 8 heteroatoms. The van der Waals surface area contributed by atoms with Gasteiger partial charge in [-0.05, 0) is 52.0 Å². The normalized spacial score (nSPS) is 22.6. The number of sulfonamides is 1. The van der Waals surface area contributed by atoms with Gasteiger partial charge in [0.15, 0.2) is 0 Å². The van der Waals surface area contributed by atoms with E-state index >= 15 is 0 Å². The van der Waals surface area contributed by atoms with Crippen LogP contribution in [-0.4, -0.2) is 56.0 Å². The lowest BCUT2D eigenvalue weighted by atomic mass is 10.1. The Morgan fingerprint density at radius 3 is 2.24 bits per heavy atom. The van der Waals surface area contributed by atoms with E-state index in [2.05, 4.69) is 5.32 Å². The molecule has 0 radical (unpaired) electrons. The number of nitrogens with two attached hydrogens (primary N) is 1. The van der Waals surface area contributed by atoms with Crippen molar-refractivity contribution in [1.82, 2.24) is 9.62 Å². The third-order valence-corrected chi connectivity index (χ3v) is 5.69. The Morgan fingerprint density at radius 2 is 1.76 bits per heavy atom. The van der Waals surface area contributed by atoms with Crippen LogP contribution in [-0.2, 0) is 14.8 Å². The second-order valence-electron chi connectivity index (χ2n) is 7.27. The molecule has 0 saturated carbocycles. The van der Waals surface area contributed by atoms with Crippen LogP contribution in [0.15, 0.2) is 29.2 Å². The fraction of sp³-hybridized carbons (Fsp3) is 0.588. The SMILES string of the molecule is CC1CN(S(=O)(=O)c2ccc(C(=O)NCC(C)(C)N)cc2)CC(C)O1. The van der Waals surface area contributed by atoms with E-state index in [1.807, 2.05) is 27.7 Å². The molecule has 0 bridgehead atoms. The summed E-state index contributed by atoms with van der Waals surface area (Å²) in [6, 6.07) is 5.95. The first-order valence-electron chi connectivity index (χ1n) is 8.32. The van der Waals surface area contributed by atoms with Gasteiger partial charge in [0.1, 0.15) is 0 Å². The molecule has 1 aliphatic heterocycles. The lowest BCUT2D eigenvalue weighted by Crippen LogP contribution is -2.48. The maximum absolute atomic E-state index is 12.8. The van der Waals surface area contributed by atoms with Crippen LogP contribution < -0.4 is 11.1 Å². The number of benzene rings is 1. The van der Waals surface area contributed by atoms with E-state index in [1.54, 1.807) is 0 Å². The zero-order valence-corrected chi connectivity index (χ0v) is 16.0. The minimum Gasteiger partial charge on any atom is -0.373 e. The number of ether oxygens (including phenoxy) is 1. The topological polar surface area (TPSA) is 102 Å². The van der Waals surface area contributed by atoms with Crippen LogP contribution in [0.4, 0.5) is 0 Å². The molecule has 2 rings (SSSR count). The number of nitrogens with one attached hydrogen (secondary N) is 1. The largest absolute Gasteiger partial charge is 0.373 e. The highest BCUT2D eigenvalue weighted by Gasteiger charge is 2.32. The van der Waals surface area contributed by atoms with Gasteiger partial charge in [-0.25, -0.2) is 8.42 Å². The van der Waals surface area contributed by atoms with Crippen LogP contribution in [0.25, 0.3) is 0 Å². The van der Waals surface area contributed by atoms with Crippen LogP contribution in [0.1, 0.15) is 38.1 Å². The number of carbonyl (C=O) groups is 1. The average molecular weight is 369 g/mol. The number of hydrogen-bond acceptors (Lipinski definition) is 5. The van der Waals surface area contributed by atoms with Gasteiger partial charge in [-0.1, -0.05) is 0 Å². The molecule has 1 fully saturated rings. The number of nitrogens with zero attached hydrogens (tertiary/aromatic N) is 1. The van der Waals surface area contributed by atoms with Gasteiger partial charge in [0.05, 0.1) is 17.1 Å². The highest BCUT2D eigenvalue weighted by Crippen LogP contribution is 2.21. The molecule has 3 N–H and O–H groups in total. The second kappa shape index (κ2) is 7.41. The molecule has 0 aliphatic carbocycles. The number of amides is 1. The van der Waals surface area contributed by atoms with Crippen molar-refractivity contribution in [1.29, 1.82) is 0 Å². The van der Waals surface area contributed by atoms with E-state index in [4.69, 9.17) is 10.5 Å². The van der Waals surface area contributed by atoms with E-state index in [0.29, 0.717) is 25.2 Å². The molecule has 1 heterocycles. The Bertz CT molecular complexity index is 700. The molecule has 0 aromatic heterocycles. The van der Waals surface area contributed by atoms with Crippen molar-refractivity contribution < 1.29 is 17.9 Å². The van der Waals surface area contributed by atoms with Crippen molar-refractivity contribution in [2.24, 2.45) is 5.73 Å². The highest BCUT2D eigenvalue weighted by atomic mass is 32.2. The predicted octanol–water partition coefficient (Wildman–Crippen LogP) is 0.952.